The second-order valence-corrected chi connectivity index (χ2v) is 5.87. The van der Waals surface area contributed by atoms with E-state index in [-0.39, 0.29) is 12.2 Å². The summed E-state index contributed by atoms with van der Waals surface area (Å²) in [5.41, 5.74) is -0.702. The Hall–Kier alpha value is -2.76. The van der Waals surface area contributed by atoms with Crippen molar-refractivity contribution in [3.63, 3.8) is 0 Å². The monoisotopic (exact) mass is 332 g/mol. The minimum atomic E-state index is -1.42. The molecule has 0 unspecified atom stereocenters. The maximum absolute atomic E-state index is 13.6. The van der Waals surface area contributed by atoms with Gasteiger partial charge in [0.25, 0.3) is 0 Å². The predicted molar refractivity (Wildman–Crippen MR) is 87.1 cm³/mol. The first-order valence-corrected chi connectivity index (χ1v) is 7.39. The maximum Gasteiger partial charge on any atom is 0.239 e. The Morgan fingerprint density at radius 2 is 1.67 bits per heavy atom. The van der Waals surface area contributed by atoms with E-state index in [0.29, 0.717) is 6.07 Å². The van der Waals surface area contributed by atoms with Gasteiger partial charge < -0.3 is 10.6 Å². The SMILES string of the molecule is CC(C)(C(=O)NCc1ccccc1)C(=O)Nc1ccc(F)cc1F. The Bertz CT molecular complexity index is 746. The number of nitrogens with one attached hydrogen (secondary N) is 2. The molecule has 0 atom stereocenters. The molecule has 0 heterocycles. The number of rotatable bonds is 5. The average Bonchev–Trinajstić information content (AvgIpc) is 2.55. The standard InChI is InChI=1S/C18H18F2N2O2/c1-18(2,16(23)21-11-12-6-4-3-5-7-12)17(24)22-15-9-8-13(19)10-14(15)20/h3-10H,11H2,1-2H3,(H,21,23)(H,22,24). The van der Waals surface area contributed by atoms with Gasteiger partial charge in [-0.2, -0.15) is 0 Å². The first-order valence-electron chi connectivity index (χ1n) is 7.39. The Morgan fingerprint density at radius 3 is 2.29 bits per heavy atom. The maximum atomic E-state index is 13.6. The van der Waals surface area contributed by atoms with Gasteiger partial charge in [-0.05, 0) is 31.5 Å². The van der Waals surface area contributed by atoms with E-state index in [4.69, 9.17) is 0 Å². The van der Waals surface area contributed by atoms with Crippen LogP contribution in [0.4, 0.5) is 14.5 Å². The van der Waals surface area contributed by atoms with Crippen LogP contribution in [-0.4, -0.2) is 11.8 Å². The summed E-state index contributed by atoms with van der Waals surface area (Å²) in [7, 11) is 0. The molecular weight excluding hydrogens is 314 g/mol. The Morgan fingerprint density at radius 1 is 1.00 bits per heavy atom. The first kappa shape index (κ1) is 17.6. The fourth-order valence-electron chi connectivity index (χ4n) is 1.97. The van der Waals surface area contributed by atoms with Gasteiger partial charge in [0.05, 0.1) is 5.69 Å². The molecule has 0 saturated heterocycles. The first-order chi connectivity index (χ1) is 11.3. The van der Waals surface area contributed by atoms with E-state index in [2.05, 4.69) is 10.6 Å². The number of hydrogen-bond donors (Lipinski definition) is 2. The minimum absolute atomic E-state index is 0.176. The highest BCUT2D eigenvalue weighted by Crippen LogP contribution is 2.21. The summed E-state index contributed by atoms with van der Waals surface area (Å²) in [5, 5.41) is 4.99. The Labute approximate surface area is 138 Å². The molecule has 0 saturated carbocycles. The zero-order valence-corrected chi connectivity index (χ0v) is 13.4. The van der Waals surface area contributed by atoms with E-state index in [1.54, 1.807) is 0 Å². The molecule has 126 valence electrons. The normalized spacial score (nSPS) is 11.0. The van der Waals surface area contributed by atoms with Gasteiger partial charge in [0.2, 0.25) is 11.8 Å². The highest BCUT2D eigenvalue weighted by atomic mass is 19.1. The van der Waals surface area contributed by atoms with Crippen LogP contribution in [0.5, 0.6) is 0 Å². The summed E-state index contributed by atoms with van der Waals surface area (Å²) < 4.78 is 26.5. The molecule has 6 heteroatoms. The molecule has 0 aliphatic rings. The third kappa shape index (κ3) is 4.16. The zero-order chi connectivity index (χ0) is 17.7. The van der Waals surface area contributed by atoms with Gasteiger partial charge in [-0.3, -0.25) is 9.59 Å². The van der Waals surface area contributed by atoms with Crippen molar-refractivity contribution in [3.05, 3.63) is 65.7 Å². The van der Waals surface area contributed by atoms with Crippen LogP contribution in [0.15, 0.2) is 48.5 Å². The van der Waals surface area contributed by atoms with Crippen molar-refractivity contribution in [2.75, 3.05) is 5.32 Å². The van der Waals surface area contributed by atoms with Gasteiger partial charge in [-0.25, -0.2) is 8.78 Å². The molecule has 2 amide bonds. The van der Waals surface area contributed by atoms with E-state index in [0.717, 1.165) is 17.7 Å². The van der Waals surface area contributed by atoms with Crippen molar-refractivity contribution >= 4 is 17.5 Å². The van der Waals surface area contributed by atoms with Crippen molar-refractivity contribution in [1.82, 2.24) is 5.32 Å². The van der Waals surface area contributed by atoms with Crippen molar-refractivity contribution < 1.29 is 18.4 Å². The molecule has 2 N–H and O–H groups in total. The van der Waals surface area contributed by atoms with Crippen molar-refractivity contribution in [1.29, 1.82) is 0 Å². The molecule has 2 aromatic carbocycles. The highest BCUT2D eigenvalue weighted by Gasteiger charge is 2.36. The molecule has 4 nitrogen and oxygen atoms in total. The van der Waals surface area contributed by atoms with E-state index >= 15 is 0 Å². The van der Waals surface area contributed by atoms with Crippen LogP contribution < -0.4 is 10.6 Å². The van der Waals surface area contributed by atoms with Crippen LogP contribution in [-0.2, 0) is 16.1 Å². The van der Waals surface area contributed by atoms with E-state index in [1.807, 2.05) is 30.3 Å². The van der Waals surface area contributed by atoms with Crippen LogP contribution in [0.1, 0.15) is 19.4 Å². The molecule has 0 spiro atoms. The molecule has 0 radical (unpaired) electrons. The number of hydrogen-bond acceptors (Lipinski definition) is 2. The van der Waals surface area contributed by atoms with E-state index in [9.17, 15) is 18.4 Å². The Balaban J connectivity index is 2.02. The zero-order valence-electron chi connectivity index (χ0n) is 13.4. The fourth-order valence-corrected chi connectivity index (χ4v) is 1.97. The molecular formula is C18H18F2N2O2. The number of halogens is 2. The number of carbonyl (C=O) groups is 2. The lowest BCUT2D eigenvalue weighted by Crippen LogP contribution is -2.45. The summed E-state index contributed by atoms with van der Waals surface area (Å²) >= 11 is 0. The third-order valence-electron chi connectivity index (χ3n) is 3.61. The summed E-state index contributed by atoms with van der Waals surface area (Å²) in [6, 6.07) is 12.1. The molecule has 0 bridgehead atoms. The lowest BCUT2D eigenvalue weighted by molar-refractivity contribution is -0.138. The van der Waals surface area contributed by atoms with Crippen molar-refractivity contribution in [2.45, 2.75) is 20.4 Å². The molecule has 2 aromatic rings. The van der Waals surface area contributed by atoms with Crippen molar-refractivity contribution in [2.24, 2.45) is 5.41 Å². The number of carbonyl (C=O) groups excluding carboxylic acids is 2. The molecule has 0 aliphatic carbocycles. The minimum Gasteiger partial charge on any atom is -0.351 e. The summed E-state index contributed by atoms with van der Waals surface area (Å²) in [4.78, 5) is 24.6. The third-order valence-corrected chi connectivity index (χ3v) is 3.61. The van der Waals surface area contributed by atoms with Gasteiger partial charge in [0.15, 0.2) is 0 Å². The van der Waals surface area contributed by atoms with Gasteiger partial charge in [-0.1, -0.05) is 30.3 Å². The topological polar surface area (TPSA) is 58.2 Å². The van der Waals surface area contributed by atoms with Gasteiger partial charge in [0, 0.05) is 12.6 Å². The largest absolute Gasteiger partial charge is 0.351 e. The van der Waals surface area contributed by atoms with Crippen molar-refractivity contribution in [3.8, 4) is 0 Å². The lowest BCUT2D eigenvalue weighted by Gasteiger charge is -2.23. The smallest absolute Gasteiger partial charge is 0.239 e. The average molecular weight is 332 g/mol. The number of anilines is 1. The number of benzene rings is 2. The van der Waals surface area contributed by atoms with Crippen LogP contribution in [0.2, 0.25) is 0 Å². The fraction of sp³-hybridized carbons (Fsp3) is 0.222. The van der Waals surface area contributed by atoms with E-state index < -0.39 is 28.9 Å². The lowest BCUT2D eigenvalue weighted by atomic mass is 9.90. The van der Waals surface area contributed by atoms with Crippen LogP contribution >= 0.6 is 0 Å². The molecule has 2 rings (SSSR count). The van der Waals surface area contributed by atoms with Crippen LogP contribution in [0.25, 0.3) is 0 Å². The summed E-state index contributed by atoms with van der Waals surface area (Å²) in [6.07, 6.45) is 0. The second-order valence-electron chi connectivity index (χ2n) is 5.87. The molecule has 24 heavy (non-hydrogen) atoms. The number of amides is 2. The Kier molecular flexibility index (Phi) is 5.28. The van der Waals surface area contributed by atoms with Gasteiger partial charge in [-0.15, -0.1) is 0 Å². The second kappa shape index (κ2) is 7.21. The quantitative estimate of drug-likeness (QED) is 0.826. The molecule has 0 aliphatic heterocycles. The van der Waals surface area contributed by atoms with Crippen LogP contribution in [0.3, 0.4) is 0 Å². The van der Waals surface area contributed by atoms with E-state index in [1.165, 1.54) is 13.8 Å². The van der Waals surface area contributed by atoms with Gasteiger partial charge in [0.1, 0.15) is 17.0 Å². The predicted octanol–water partition coefficient (Wildman–Crippen LogP) is 3.25. The van der Waals surface area contributed by atoms with Crippen LogP contribution in [0, 0.1) is 17.0 Å². The summed E-state index contributed by atoms with van der Waals surface area (Å²) in [5.74, 6) is -2.82. The summed E-state index contributed by atoms with van der Waals surface area (Å²) in [6.45, 7) is 3.15. The highest BCUT2D eigenvalue weighted by molar-refractivity contribution is 6.09. The van der Waals surface area contributed by atoms with Gasteiger partial charge >= 0.3 is 0 Å². The molecule has 0 fully saturated rings. The molecule has 0 aromatic heterocycles.